The molecule has 1 aliphatic carbocycles. The van der Waals surface area contributed by atoms with Crippen LogP contribution in [-0.2, 0) is 14.6 Å². The third-order valence-electron chi connectivity index (χ3n) is 3.51. The Morgan fingerprint density at radius 3 is 2.39 bits per heavy atom. The van der Waals surface area contributed by atoms with E-state index in [0.29, 0.717) is 0 Å². The molecule has 0 aliphatic heterocycles. The van der Waals surface area contributed by atoms with Crippen LogP contribution in [0.15, 0.2) is 23.1 Å². The Balaban J connectivity index is 2.14. The van der Waals surface area contributed by atoms with Crippen LogP contribution in [0.1, 0.15) is 29.6 Å². The first-order chi connectivity index (χ1) is 10.5. The zero-order chi connectivity index (χ0) is 17.4. The molecule has 0 saturated heterocycles. The lowest BCUT2D eigenvalue weighted by Crippen LogP contribution is -2.37. The maximum atomic E-state index is 12.7. The largest absolute Gasteiger partial charge is 0.478 e. The van der Waals surface area contributed by atoms with Gasteiger partial charge in [-0.25, -0.2) is 22.0 Å². The van der Waals surface area contributed by atoms with E-state index in [9.17, 15) is 26.8 Å². The molecule has 1 fully saturated rings. The van der Waals surface area contributed by atoms with Crippen molar-refractivity contribution in [1.29, 1.82) is 0 Å². The first kappa shape index (κ1) is 17.3. The average molecular weight is 347 g/mol. The molecule has 1 amide bonds. The van der Waals surface area contributed by atoms with E-state index < -0.39 is 33.6 Å². The summed E-state index contributed by atoms with van der Waals surface area (Å²) in [6.45, 7) is 0. The van der Waals surface area contributed by atoms with Crippen molar-refractivity contribution >= 4 is 27.4 Å². The number of sulfone groups is 1. The Morgan fingerprint density at radius 2 is 1.91 bits per heavy atom. The summed E-state index contributed by atoms with van der Waals surface area (Å²) in [5.74, 6) is -5.06. The van der Waals surface area contributed by atoms with Gasteiger partial charge in [-0.05, 0) is 24.1 Å². The standard InChI is InChI=1S/C14H15F2NO5S/c1-23(21,22)11-4-9(13(19)20)3-10(5-11)17-12(18)2-8-6-14(15,16)7-8/h3-5,8H,2,6-7H2,1H3,(H,17,18)(H,19,20). The third-order valence-corrected chi connectivity index (χ3v) is 4.61. The first-order valence-electron chi connectivity index (χ1n) is 6.72. The molecule has 0 atom stereocenters. The van der Waals surface area contributed by atoms with Crippen LogP contribution in [0.25, 0.3) is 0 Å². The highest BCUT2D eigenvalue weighted by Crippen LogP contribution is 2.44. The molecule has 1 aliphatic rings. The number of carbonyl (C=O) groups is 2. The fourth-order valence-corrected chi connectivity index (χ4v) is 3.09. The van der Waals surface area contributed by atoms with Gasteiger partial charge in [-0.3, -0.25) is 4.79 Å². The minimum Gasteiger partial charge on any atom is -0.478 e. The summed E-state index contributed by atoms with van der Waals surface area (Å²) in [5, 5.41) is 11.4. The topological polar surface area (TPSA) is 101 Å². The van der Waals surface area contributed by atoms with Crippen molar-refractivity contribution in [1.82, 2.24) is 0 Å². The van der Waals surface area contributed by atoms with E-state index in [4.69, 9.17) is 5.11 Å². The van der Waals surface area contributed by atoms with E-state index in [1.54, 1.807) is 0 Å². The van der Waals surface area contributed by atoms with Gasteiger partial charge in [0.2, 0.25) is 11.8 Å². The highest BCUT2D eigenvalue weighted by Gasteiger charge is 2.45. The quantitative estimate of drug-likeness (QED) is 0.850. The maximum Gasteiger partial charge on any atom is 0.335 e. The highest BCUT2D eigenvalue weighted by molar-refractivity contribution is 7.90. The smallest absolute Gasteiger partial charge is 0.335 e. The van der Waals surface area contributed by atoms with Gasteiger partial charge in [0.15, 0.2) is 9.84 Å². The molecule has 0 unspecified atom stereocenters. The predicted octanol–water partition coefficient (Wildman–Crippen LogP) is 2.16. The minimum absolute atomic E-state index is 0.00130. The van der Waals surface area contributed by atoms with E-state index in [0.717, 1.165) is 24.5 Å². The fraction of sp³-hybridized carbons (Fsp3) is 0.429. The molecular formula is C14H15F2NO5S. The average Bonchev–Trinajstić information content (AvgIpc) is 2.34. The number of carboxylic acids is 1. The zero-order valence-electron chi connectivity index (χ0n) is 12.2. The number of carbonyl (C=O) groups excluding carboxylic acids is 1. The zero-order valence-corrected chi connectivity index (χ0v) is 13.0. The van der Waals surface area contributed by atoms with Crippen molar-refractivity contribution in [2.45, 2.75) is 30.1 Å². The van der Waals surface area contributed by atoms with Crippen molar-refractivity contribution in [2.24, 2.45) is 5.92 Å². The molecule has 126 valence electrons. The second-order valence-electron chi connectivity index (χ2n) is 5.71. The summed E-state index contributed by atoms with van der Waals surface area (Å²) in [4.78, 5) is 22.6. The van der Waals surface area contributed by atoms with Gasteiger partial charge in [0.1, 0.15) is 0 Å². The Kier molecular flexibility index (Phi) is 4.43. The number of aromatic carboxylic acids is 1. The molecule has 0 radical (unpaired) electrons. The SMILES string of the molecule is CS(=O)(=O)c1cc(NC(=O)CC2CC(F)(F)C2)cc(C(=O)O)c1. The van der Waals surface area contributed by atoms with Crippen LogP contribution in [0.5, 0.6) is 0 Å². The number of carboxylic acid groups (broad SMARTS) is 1. The number of benzene rings is 1. The van der Waals surface area contributed by atoms with Crippen LogP contribution >= 0.6 is 0 Å². The number of hydrogen-bond donors (Lipinski definition) is 2. The number of rotatable bonds is 5. The lowest BCUT2D eigenvalue weighted by Gasteiger charge is -2.34. The van der Waals surface area contributed by atoms with Crippen LogP contribution < -0.4 is 5.32 Å². The third kappa shape index (κ3) is 4.47. The van der Waals surface area contributed by atoms with Gasteiger partial charge in [-0.1, -0.05) is 0 Å². The Hall–Kier alpha value is -2.03. The summed E-state index contributed by atoms with van der Waals surface area (Å²) in [5.41, 5.74) is -0.292. The van der Waals surface area contributed by atoms with Gasteiger partial charge in [-0.2, -0.15) is 0 Å². The Labute approximate surface area is 131 Å². The molecule has 23 heavy (non-hydrogen) atoms. The molecule has 1 aromatic carbocycles. The second-order valence-corrected chi connectivity index (χ2v) is 7.72. The van der Waals surface area contributed by atoms with Crippen molar-refractivity contribution < 1.29 is 31.9 Å². The van der Waals surface area contributed by atoms with E-state index in [1.165, 1.54) is 0 Å². The van der Waals surface area contributed by atoms with Crippen molar-refractivity contribution in [2.75, 3.05) is 11.6 Å². The predicted molar refractivity (Wildman–Crippen MR) is 77.4 cm³/mol. The van der Waals surface area contributed by atoms with Gasteiger partial charge in [0, 0.05) is 31.2 Å². The number of halogens is 2. The molecule has 0 spiro atoms. The number of anilines is 1. The molecule has 9 heteroatoms. The molecule has 0 heterocycles. The number of nitrogens with one attached hydrogen (secondary N) is 1. The Morgan fingerprint density at radius 1 is 1.30 bits per heavy atom. The first-order valence-corrected chi connectivity index (χ1v) is 8.61. The number of hydrogen-bond acceptors (Lipinski definition) is 4. The van der Waals surface area contributed by atoms with E-state index in [2.05, 4.69) is 5.32 Å². The molecule has 1 aromatic rings. The van der Waals surface area contributed by atoms with Crippen LogP contribution in [0.3, 0.4) is 0 Å². The minimum atomic E-state index is -3.66. The number of amides is 1. The maximum absolute atomic E-state index is 12.7. The second kappa shape index (κ2) is 5.88. The summed E-state index contributed by atoms with van der Waals surface area (Å²) in [7, 11) is -3.66. The van der Waals surface area contributed by atoms with Crippen LogP contribution in [0, 0.1) is 5.92 Å². The summed E-state index contributed by atoms with van der Waals surface area (Å²) in [6.07, 6.45) is 0.0749. The normalized spacial score (nSPS) is 17.3. The van der Waals surface area contributed by atoms with Crippen molar-refractivity contribution in [3.05, 3.63) is 23.8 Å². The van der Waals surface area contributed by atoms with E-state index in [-0.39, 0.29) is 35.4 Å². The monoisotopic (exact) mass is 347 g/mol. The lowest BCUT2D eigenvalue weighted by molar-refractivity contribution is -0.129. The molecule has 0 bridgehead atoms. The van der Waals surface area contributed by atoms with E-state index >= 15 is 0 Å². The van der Waals surface area contributed by atoms with Gasteiger partial charge in [-0.15, -0.1) is 0 Å². The summed E-state index contributed by atoms with van der Waals surface area (Å²) >= 11 is 0. The van der Waals surface area contributed by atoms with Gasteiger partial charge in [0.25, 0.3) is 0 Å². The van der Waals surface area contributed by atoms with Gasteiger partial charge < -0.3 is 10.4 Å². The van der Waals surface area contributed by atoms with Crippen LogP contribution in [-0.4, -0.2) is 37.6 Å². The van der Waals surface area contributed by atoms with Crippen LogP contribution in [0.4, 0.5) is 14.5 Å². The van der Waals surface area contributed by atoms with E-state index in [1.807, 2.05) is 0 Å². The van der Waals surface area contributed by atoms with Gasteiger partial charge >= 0.3 is 5.97 Å². The van der Waals surface area contributed by atoms with Gasteiger partial charge in [0.05, 0.1) is 10.5 Å². The molecule has 2 N–H and O–H groups in total. The molecule has 0 aromatic heterocycles. The molecule has 6 nitrogen and oxygen atoms in total. The molecule has 2 rings (SSSR count). The Bertz CT molecular complexity index is 752. The van der Waals surface area contributed by atoms with Crippen LogP contribution in [0.2, 0.25) is 0 Å². The lowest BCUT2D eigenvalue weighted by atomic mass is 9.79. The fourth-order valence-electron chi connectivity index (χ4n) is 2.41. The molecular weight excluding hydrogens is 332 g/mol. The van der Waals surface area contributed by atoms with Crippen molar-refractivity contribution in [3.63, 3.8) is 0 Å². The van der Waals surface area contributed by atoms with Crippen molar-refractivity contribution in [3.8, 4) is 0 Å². The molecule has 1 saturated carbocycles. The summed E-state index contributed by atoms with van der Waals surface area (Å²) < 4.78 is 48.6. The number of alkyl halides is 2. The summed E-state index contributed by atoms with van der Waals surface area (Å²) in [6, 6.07) is 3.24. The highest BCUT2D eigenvalue weighted by atomic mass is 32.2.